The predicted octanol–water partition coefficient (Wildman–Crippen LogP) is 1.59. The second kappa shape index (κ2) is 5.19. The number of ether oxygens (including phenoxy) is 2. The molecule has 1 aliphatic heterocycles. The van der Waals surface area contributed by atoms with Crippen molar-refractivity contribution in [3.05, 3.63) is 23.8 Å². The van der Waals surface area contributed by atoms with Crippen LogP contribution in [0.3, 0.4) is 0 Å². The van der Waals surface area contributed by atoms with E-state index in [4.69, 9.17) is 9.47 Å². The lowest BCUT2D eigenvalue weighted by molar-refractivity contribution is 0.0927. The average molecular weight is 235 g/mol. The highest BCUT2D eigenvalue weighted by molar-refractivity contribution is 6.02. The van der Waals surface area contributed by atoms with E-state index in [1.807, 2.05) is 37.2 Å². The van der Waals surface area contributed by atoms with E-state index in [-0.39, 0.29) is 5.78 Å². The van der Waals surface area contributed by atoms with E-state index in [0.29, 0.717) is 36.7 Å². The van der Waals surface area contributed by atoms with Gasteiger partial charge < -0.3 is 14.4 Å². The van der Waals surface area contributed by atoms with Crippen LogP contribution in [0.25, 0.3) is 0 Å². The molecule has 0 atom stereocenters. The van der Waals surface area contributed by atoms with Crippen molar-refractivity contribution < 1.29 is 14.3 Å². The summed E-state index contributed by atoms with van der Waals surface area (Å²) >= 11 is 0. The third-order valence-corrected chi connectivity index (χ3v) is 2.65. The maximum absolute atomic E-state index is 11.8. The fraction of sp³-hybridized carbons (Fsp3) is 0.462. The van der Waals surface area contributed by atoms with E-state index >= 15 is 0 Å². The lowest BCUT2D eigenvalue weighted by Gasteiger charge is -2.19. The Morgan fingerprint density at radius 2 is 2.24 bits per heavy atom. The highest BCUT2D eigenvalue weighted by Gasteiger charge is 2.22. The maximum Gasteiger partial charge on any atom is 0.173 e. The quantitative estimate of drug-likeness (QED) is 0.794. The van der Waals surface area contributed by atoms with Crippen LogP contribution in [0.15, 0.2) is 18.2 Å². The Hall–Kier alpha value is -1.55. The van der Waals surface area contributed by atoms with Crippen LogP contribution in [0.2, 0.25) is 0 Å². The van der Waals surface area contributed by atoms with Gasteiger partial charge in [-0.15, -0.1) is 0 Å². The number of hydrogen-bond acceptors (Lipinski definition) is 4. The van der Waals surface area contributed by atoms with Gasteiger partial charge in [0.05, 0.1) is 6.61 Å². The normalized spacial score (nSPS) is 14.4. The summed E-state index contributed by atoms with van der Waals surface area (Å²) in [5.74, 6) is 1.38. The van der Waals surface area contributed by atoms with Crippen LogP contribution in [0, 0.1) is 0 Å². The number of carbonyl (C=O) groups excluding carboxylic acids is 1. The van der Waals surface area contributed by atoms with Gasteiger partial charge in [0.2, 0.25) is 0 Å². The lowest BCUT2D eigenvalue weighted by Crippen LogP contribution is -2.21. The van der Waals surface area contributed by atoms with Crippen molar-refractivity contribution in [3.63, 3.8) is 0 Å². The first-order valence-electron chi connectivity index (χ1n) is 5.75. The highest BCUT2D eigenvalue weighted by Crippen LogP contribution is 2.32. The molecular weight excluding hydrogens is 218 g/mol. The summed E-state index contributed by atoms with van der Waals surface area (Å²) in [5.41, 5.74) is 0.595. The van der Waals surface area contributed by atoms with Gasteiger partial charge >= 0.3 is 0 Å². The number of fused-ring (bicyclic) bond motifs is 1. The smallest absolute Gasteiger partial charge is 0.173 e. The van der Waals surface area contributed by atoms with Crippen LogP contribution >= 0.6 is 0 Å². The van der Waals surface area contributed by atoms with Gasteiger partial charge in [-0.25, -0.2) is 0 Å². The fourth-order valence-corrected chi connectivity index (χ4v) is 1.74. The van der Waals surface area contributed by atoms with E-state index in [2.05, 4.69) is 0 Å². The maximum atomic E-state index is 11.8. The predicted molar refractivity (Wildman–Crippen MR) is 64.9 cm³/mol. The minimum absolute atomic E-state index is 0.103. The van der Waals surface area contributed by atoms with Crippen LogP contribution in [-0.2, 0) is 0 Å². The molecule has 92 valence electrons. The number of hydrogen-bond donors (Lipinski definition) is 0. The molecule has 1 aromatic carbocycles. The molecule has 1 aromatic rings. The summed E-state index contributed by atoms with van der Waals surface area (Å²) in [5, 5.41) is 0. The Bertz CT molecular complexity index is 415. The third-order valence-electron chi connectivity index (χ3n) is 2.65. The largest absolute Gasteiger partial charge is 0.492 e. The van der Waals surface area contributed by atoms with E-state index in [0.717, 1.165) is 6.54 Å². The van der Waals surface area contributed by atoms with Crippen molar-refractivity contribution in [1.82, 2.24) is 4.90 Å². The summed E-state index contributed by atoms with van der Waals surface area (Å²) in [6, 6.07) is 5.48. The zero-order valence-electron chi connectivity index (χ0n) is 10.2. The van der Waals surface area contributed by atoms with E-state index < -0.39 is 0 Å². The van der Waals surface area contributed by atoms with Crippen molar-refractivity contribution in [3.8, 4) is 11.5 Å². The van der Waals surface area contributed by atoms with Gasteiger partial charge in [-0.05, 0) is 26.2 Å². The Morgan fingerprint density at radius 1 is 1.41 bits per heavy atom. The van der Waals surface area contributed by atoms with Gasteiger partial charge in [0.1, 0.15) is 23.7 Å². The monoisotopic (exact) mass is 235 g/mol. The van der Waals surface area contributed by atoms with E-state index in [1.165, 1.54) is 0 Å². The second-order valence-corrected chi connectivity index (χ2v) is 4.30. The van der Waals surface area contributed by atoms with Crippen molar-refractivity contribution in [2.75, 3.05) is 33.9 Å². The Balaban J connectivity index is 2.14. The van der Waals surface area contributed by atoms with Crippen molar-refractivity contribution in [2.45, 2.75) is 6.42 Å². The van der Waals surface area contributed by atoms with Crippen LogP contribution in [0.4, 0.5) is 0 Å². The molecule has 0 unspecified atom stereocenters. The van der Waals surface area contributed by atoms with Gasteiger partial charge in [0.25, 0.3) is 0 Å². The highest BCUT2D eigenvalue weighted by atomic mass is 16.5. The minimum atomic E-state index is 0.103. The molecule has 0 radical (unpaired) electrons. The molecule has 17 heavy (non-hydrogen) atoms. The number of nitrogens with zero attached hydrogens (tertiary/aromatic N) is 1. The third kappa shape index (κ3) is 2.77. The number of likely N-dealkylation sites (N-methyl/N-ethyl adjacent to an activating group) is 1. The Morgan fingerprint density at radius 3 is 3.00 bits per heavy atom. The number of carbonyl (C=O) groups is 1. The average Bonchev–Trinajstić information content (AvgIpc) is 2.29. The zero-order chi connectivity index (χ0) is 12.3. The number of rotatable bonds is 4. The second-order valence-electron chi connectivity index (χ2n) is 4.30. The molecule has 4 heteroatoms. The number of Topliss-reactive ketones (excluding diaryl/α,β-unsaturated/α-hetero) is 1. The minimum Gasteiger partial charge on any atom is -0.492 e. The molecule has 0 aliphatic carbocycles. The molecule has 0 bridgehead atoms. The van der Waals surface area contributed by atoms with E-state index in [9.17, 15) is 4.79 Å². The molecule has 1 heterocycles. The molecule has 0 aromatic heterocycles. The molecule has 0 N–H and O–H groups in total. The summed E-state index contributed by atoms with van der Waals surface area (Å²) < 4.78 is 11.1. The van der Waals surface area contributed by atoms with Gasteiger partial charge in [-0.1, -0.05) is 6.07 Å². The van der Waals surface area contributed by atoms with Crippen molar-refractivity contribution in [1.29, 1.82) is 0 Å². The van der Waals surface area contributed by atoms with Gasteiger partial charge in [0.15, 0.2) is 5.78 Å². The topological polar surface area (TPSA) is 38.8 Å². The first-order valence-corrected chi connectivity index (χ1v) is 5.75. The molecular formula is C13H17NO3. The molecule has 0 saturated heterocycles. The van der Waals surface area contributed by atoms with Gasteiger partial charge in [0, 0.05) is 13.0 Å². The summed E-state index contributed by atoms with van der Waals surface area (Å²) in [7, 11) is 3.97. The van der Waals surface area contributed by atoms with Crippen LogP contribution in [0.5, 0.6) is 11.5 Å². The van der Waals surface area contributed by atoms with E-state index in [1.54, 1.807) is 0 Å². The number of benzene rings is 1. The SMILES string of the molecule is CN(C)CCOc1cccc2c1C(=O)CCO2. The number of ketones is 1. The standard InChI is InChI=1S/C13H17NO3/c1-14(2)7-9-17-12-5-3-4-11-13(12)10(15)6-8-16-11/h3-5H,6-9H2,1-2H3. The molecule has 4 nitrogen and oxygen atoms in total. The van der Waals surface area contributed by atoms with Crippen LogP contribution < -0.4 is 9.47 Å². The lowest BCUT2D eigenvalue weighted by atomic mass is 10.0. The molecule has 0 amide bonds. The fourth-order valence-electron chi connectivity index (χ4n) is 1.74. The first-order chi connectivity index (χ1) is 8.18. The molecule has 1 aliphatic rings. The van der Waals surface area contributed by atoms with Crippen molar-refractivity contribution >= 4 is 5.78 Å². The van der Waals surface area contributed by atoms with Crippen LogP contribution in [-0.4, -0.2) is 44.5 Å². The first kappa shape index (κ1) is 11.9. The summed E-state index contributed by atoms with van der Waals surface area (Å²) in [4.78, 5) is 13.9. The van der Waals surface area contributed by atoms with Gasteiger partial charge in [-0.2, -0.15) is 0 Å². The summed E-state index contributed by atoms with van der Waals surface area (Å²) in [6.07, 6.45) is 0.432. The molecule has 0 saturated carbocycles. The Labute approximate surface area is 101 Å². The molecule has 0 fully saturated rings. The van der Waals surface area contributed by atoms with Gasteiger partial charge in [-0.3, -0.25) is 4.79 Å². The molecule has 2 rings (SSSR count). The molecule has 0 spiro atoms. The Kier molecular flexibility index (Phi) is 3.64. The van der Waals surface area contributed by atoms with Crippen LogP contribution in [0.1, 0.15) is 16.8 Å². The van der Waals surface area contributed by atoms with Crippen molar-refractivity contribution in [2.24, 2.45) is 0 Å². The zero-order valence-corrected chi connectivity index (χ0v) is 10.2. The summed E-state index contributed by atoms with van der Waals surface area (Å²) in [6.45, 7) is 1.85.